The molecule has 3 aromatic rings. The number of benzene rings is 2. The predicted molar refractivity (Wildman–Crippen MR) is 98.3 cm³/mol. The van der Waals surface area contributed by atoms with Gasteiger partial charge in [-0.2, -0.15) is 5.10 Å². The zero-order valence-electron chi connectivity index (χ0n) is 14.4. The van der Waals surface area contributed by atoms with Gasteiger partial charge in [0, 0.05) is 37.1 Å². The molecule has 1 aliphatic heterocycles. The maximum atomic E-state index is 13.4. The number of H-pyrrole nitrogens is 1. The van der Waals surface area contributed by atoms with E-state index >= 15 is 0 Å². The number of urea groups is 1. The van der Waals surface area contributed by atoms with Crippen LogP contribution in [0.1, 0.15) is 11.1 Å². The second-order valence-corrected chi connectivity index (χ2v) is 6.47. The first-order chi connectivity index (χ1) is 12.6. The van der Waals surface area contributed by atoms with E-state index in [4.69, 9.17) is 0 Å². The Bertz CT molecular complexity index is 939. The number of aromatic amines is 1. The van der Waals surface area contributed by atoms with Crippen LogP contribution in [0.4, 0.5) is 14.9 Å². The summed E-state index contributed by atoms with van der Waals surface area (Å²) in [6.45, 7) is 3.69. The summed E-state index contributed by atoms with van der Waals surface area (Å²) in [5, 5.41) is 6.80. The molecule has 6 heteroatoms. The van der Waals surface area contributed by atoms with Gasteiger partial charge in [0.05, 0.1) is 6.20 Å². The zero-order chi connectivity index (χ0) is 18.1. The maximum Gasteiger partial charge on any atom is 0.324 e. The standard InChI is InChI=1S/C20H19FN4O/c1-14-9-18(5-6-19(14)16-11-22-23-12-16)25-8-7-24(20(25)26)13-15-3-2-4-17(21)10-15/h2-6,9-12H,7-8,13H2,1H3,(H,22,23). The zero-order valence-corrected chi connectivity index (χ0v) is 14.4. The molecule has 2 aromatic carbocycles. The molecule has 1 saturated heterocycles. The molecule has 0 atom stereocenters. The van der Waals surface area contributed by atoms with E-state index in [9.17, 15) is 9.18 Å². The number of amides is 2. The van der Waals surface area contributed by atoms with E-state index in [1.54, 1.807) is 22.1 Å². The Hall–Kier alpha value is -3.15. The predicted octanol–water partition coefficient (Wildman–Crippen LogP) is 3.97. The SMILES string of the molecule is Cc1cc(N2CCN(Cc3cccc(F)c3)C2=O)ccc1-c1cn[nH]c1. The van der Waals surface area contributed by atoms with E-state index in [1.807, 2.05) is 37.4 Å². The minimum atomic E-state index is -0.281. The number of carbonyl (C=O) groups is 1. The number of carbonyl (C=O) groups excluding carboxylic acids is 1. The van der Waals surface area contributed by atoms with E-state index in [2.05, 4.69) is 10.2 Å². The van der Waals surface area contributed by atoms with Crippen molar-refractivity contribution >= 4 is 11.7 Å². The van der Waals surface area contributed by atoms with Crippen molar-refractivity contribution in [2.75, 3.05) is 18.0 Å². The monoisotopic (exact) mass is 350 g/mol. The van der Waals surface area contributed by atoms with Crippen LogP contribution in [0, 0.1) is 12.7 Å². The van der Waals surface area contributed by atoms with Crippen LogP contribution in [0.2, 0.25) is 0 Å². The van der Waals surface area contributed by atoms with E-state index in [-0.39, 0.29) is 11.8 Å². The van der Waals surface area contributed by atoms with Crippen molar-refractivity contribution in [1.29, 1.82) is 0 Å². The van der Waals surface area contributed by atoms with Crippen LogP contribution in [-0.2, 0) is 6.54 Å². The van der Waals surface area contributed by atoms with Crippen LogP contribution in [0.25, 0.3) is 11.1 Å². The molecule has 26 heavy (non-hydrogen) atoms. The quantitative estimate of drug-likeness (QED) is 0.774. The molecular weight excluding hydrogens is 331 g/mol. The summed E-state index contributed by atoms with van der Waals surface area (Å²) in [5.41, 5.74) is 4.87. The fraction of sp³-hybridized carbons (Fsp3) is 0.200. The van der Waals surface area contributed by atoms with Crippen LogP contribution in [0.5, 0.6) is 0 Å². The number of anilines is 1. The third-order valence-corrected chi connectivity index (χ3v) is 4.69. The van der Waals surface area contributed by atoms with Crippen molar-refractivity contribution in [3.05, 3.63) is 71.8 Å². The van der Waals surface area contributed by atoms with E-state index in [1.165, 1.54) is 12.1 Å². The Morgan fingerprint density at radius 2 is 2.08 bits per heavy atom. The maximum absolute atomic E-state index is 13.4. The number of rotatable bonds is 4. The normalized spacial score (nSPS) is 14.3. The van der Waals surface area contributed by atoms with Crippen LogP contribution in [-0.4, -0.2) is 34.2 Å². The third-order valence-electron chi connectivity index (χ3n) is 4.69. The highest BCUT2D eigenvalue weighted by molar-refractivity contribution is 5.94. The van der Waals surface area contributed by atoms with E-state index in [0.717, 1.165) is 27.9 Å². The molecule has 1 fully saturated rings. The first-order valence-corrected chi connectivity index (χ1v) is 8.52. The fourth-order valence-corrected chi connectivity index (χ4v) is 3.36. The van der Waals surface area contributed by atoms with Crippen LogP contribution in [0.15, 0.2) is 54.9 Å². The average molecular weight is 350 g/mol. The number of hydrogen-bond donors (Lipinski definition) is 1. The van der Waals surface area contributed by atoms with Crippen molar-refractivity contribution in [3.63, 3.8) is 0 Å². The lowest BCUT2D eigenvalue weighted by atomic mass is 10.0. The molecule has 0 spiro atoms. The van der Waals surface area contributed by atoms with Gasteiger partial charge >= 0.3 is 6.03 Å². The number of aromatic nitrogens is 2. The number of aryl methyl sites for hydroxylation is 1. The molecule has 132 valence electrons. The van der Waals surface area contributed by atoms with Crippen LogP contribution < -0.4 is 4.90 Å². The van der Waals surface area contributed by atoms with Crippen LogP contribution in [0.3, 0.4) is 0 Å². The van der Waals surface area contributed by atoms with Crippen molar-refractivity contribution in [1.82, 2.24) is 15.1 Å². The fourth-order valence-electron chi connectivity index (χ4n) is 3.36. The van der Waals surface area contributed by atoms with Gasteiger partial charge < -0.3 is 4.90 Å². The minimum Gasteiger partial charge on any atom is -0.318 e. The van der Waals surface area contributed by atoms with E-state index in [0.29, 0.717) is 19.6 Å². The molecule has 0 bridgehead atoms. The Labute approximate surface area is 151 Å². The Balaban J connectivity index is 1.52. The number of halogens is 1. The molecule has 1 N–H and O–H groups in total. The first-order valence-electron chi connectivity index (χ1n) is 8.52. The van der Waals surface area contributed by atoms with Crippen molar-refractivity contribution < 1.29 is 9.18 Å². The first kappa shape index (κ1) is 16.3. The second kappa shape index (κ2) is 6.63. The molecule has 2 heterocycles. The van der Waals surface area contributed by atoms with Gasteiger partial charge in [-0.25, -0.2) is 9.18 Å². The molecule has 4 rings (SSSR count). The largest absolute Gasteiger partial charge is 0.324 e. The average Bonchev–Trinajstić information content (AvgIpc) is 3.26. The van der Waals surface area contributed by atoms with Gasteiger partial charge in [-0.15, -0.1) is 0 Å². The van der Waals surface area contributed by atoms with Gasteiger partial charge in [-0.3, -0.25) is 10.00 Å². The highest BCUT2D eigenvalue weighted by atomic mass is 19.1. The Morgan fingerprint density at radius 1 is 1.19 bits per heavy atom. The van der Waals surface area contributed by atoms with Crippen molar-refractivity contribution in [3.8, 4) is 11.1 Å². The van der Waals surface area contributed by atoms with Gasteiger partial charge in [0.15, 0.2) is 0 Å². The summed E-state index contributed by atoms with van der Waals surface area (Å²) in [7, 11) is 0. The van der Waals surface area contributed by atoms with Crippen LogP contribution >= 0.6 is 0 Å². The molecule has 2 amide bonds. The van der Waals surface area contributed by atoms with E-state index < -0.39 is 0 Å². The summed E-state index contributed by atoms with van der Waals surface area (Å²) in [6.07, 6.45) is 3.63. The summed E-state index contributed by atoms with van der Waals surface area (Å²) in [4.78, 5) is 16.3. The van der Waals surface area contributed by atoms with Gasteiger partial charge in [0.1, 0.15) is 5.82 Å². The summed E-state index contributed by atoms with van der Waals surface area (Å²) >= 11 is 0. The lowest BCUT2D eigenvalue weighted by Gasteiger charge is -2.20. The molecule has 0 unspecified atom stereocenters. The minimum absolute atomic E-state index is 0.0512. The molecule has 1 aromatic heterocycles. The molecular formula is C20H19FN4O. The summed E-state index contributed by atoms with van der Waals surface area (Å²) < 4.78 is 13.4. The highest BCUT2D eigenvalue weighted by Crippen LogP contribution is 2.29. The molecule has 0 radical (unpaired) electrons. The summed E-state index contributed by atoms with van der Waals surface area (Å²) in [6, 6.07) is 12.3. The Kier molecular flexibility index (Phi) is 4.16. The lowest BCUT2D eigenvalue weighted by Crippen LogP contribution is -2.31. The number of nitrogens with one attached hydrogen (secondary N) is 1. The van der Waals surface area contributed by atoms with Gasteiger partial charge in [-0.05, 0) is 47.9 Å². The lowest BCUT2D eigenvalue weighted by molar-refractivity contribution is 0.218. The smallest absolute Gasteiger partial charge is 0.318 e. The van der Waals surface area contributed by atoms with Gasteiger partial charge in [-0.1, -0.05) is 18.2 Å². The topological polar surface area (TPSA) is 52.2 Å². The van der Waals surface area contributed by atoms with Crippen molar-refractivity contribution in [2.24, 2.45) is 0 Å². The molecule has 0 saturated carbocycles. The highest BCUT2D eigenvalue weighted by Gasteiger charge is 2.29. The van der Waals surface area contributed by atoms with Gasteiger partial charge in [0.25, 0.3) is 0 Å². The summed E-state index contributed by atoms with van der Waals surface area (Å²) in [5.74, 6) is -0.281. The molecule has 5 nitrogen and oxygen atoms in total. The molecule has 0 aliphatic carbocycles. The Morgan fingerprint density at radius 3 is 2.81 bits per heavy atom. The number of hydrogen-bond acceptors (Lipinski definition) is 2. The number of nitrogens with zero attached hydrogens (tertiary/aromatic N) is 3. The molecule has 1 aliphatic rings. The third kappa shape index (κ3) is 3.06. The van der Waals surface area contributed by atoms with Gasteiger partial charge in [0.2, 0.25) is 0 Å². The van der Waals surface area contributed by atoms with Crippen molar-refractivity contribution in [2.45, 2.75) is 13.5 Å². The second-order valence-electron chi connectivity index (χ2n) is 6.47.